The maximum atomic E-state index is 11.4. The van der Waals surface area contributed by atoms with Crippen molar-refractivity contribution in [2.45, 2.75) is 70.5 Å². The number of rotatable bonds is 12. The topological polar surface area (TPSA) is 26.3 Å². The molecule has 0 spiro atoms. The van der Waals surface area contributed by atoms with Crippen LogP contribution in [-0.2, 0) is 9.53 Å². The maximum absolute atomic E-state index is 11.4. The van der Waals surface area contributed by atoms with E-state index in [2.05, 4.69) is 35.5 Å². The smallest absolute Gasteiger partial charge is 0.309 e. The SMILES string of the molecule is CCCCCCC(S)CCCCOC(=O)C(C)CBr. The summed E-state index contributed by atoms with van der Waals surface area (Å²) in [5.41, 5.74) is 0. The third kappa shape index (κ3) is 11.8. The fourth-order valence-electron chi connectivity index (χ4n) is 1.81. The zero-order valence-electron chi connectivity index (χ0n) is 12.4. The number of carbonyl (C=O) groups is 1. The first-order valence-electron chi connectivity index (χ1n) is 7.52. The van der Waals surface area contributed by atoms with Gasteiger partial charge < -0.3 is 4.74 Å². The van der Waals surface area contributed by atoms with Crippen LogP contribution in [0.3, 0.4) is 0 Å². The van der Waals surface area contributed by atoms with Gasteiger partial charge in [-0.05, 0) is 25.7 Å². The molecule has 2 nitrogen and oxygen atoms in total. The Morgan fingerprint density at radius 3 is 2.37 bits per heavy atom. The first-order valence-corrected chi connectivity index (χ1v) is 9.16. The van der Waals surface area contributed by atoms with Crippen molar-refractivity contribution in [3.63, 3.8) is 0 Å². The molecule has 2 unspecified atom stereocenters. The van der Waals surface area contributed by atoms with Gasteiger partial charge in [0.2, 0.25) is 0 Å². The van der Waals surface area contributed by atoms with E-state index in [1.807, 2.05) is 6.92 Å². The number of unbranched alkanes of at least 4 members (excludes halogenated alkanes) is 4. The van der Waals surface area contributed by atoms with Crippen LogP contribution in [0.2, 0.25) is 0 Å². The third-order valence-electron chi connectivity index (χ3n) is 3.20. The number of alkyl halides is 1. The Bertz CT molecular complexity index is 224. The first kappa shape index (κ1) is 19.3. The highest BCUT2D eigenvalue weighted by molar-refractivity contribution is 9.09. The summed E-state index contributed by atoms with van der Waals surface area (Å²) in [6.45, 7) is 4.65. The van der Waals surface area contributed by atoms with Gasteiger partial charge in [-0.1, -0.05) is 55.5 Å². The Hall–Kier alpha value is 0.300. The number of halogens is 1. The Kier molecular flexibility index (Phi) is 13.5. The molecule has 0 aliphatic rings. The van der Waals surface area contributed by atoms with E-state index in [-0.39, 0.29) is 11.9 Å². The molecule has 0 saturated carbocycles. The highest BCUT2D eigenvalue weighted by Gasteiger charge is 2.12. The lowest BCUT2D eigenvalue weighted by molar-refractivity contribution is -0.147. The second-order valence-electron chi connectivity index (χ2n) is 5.22. The highest BCUT2D eigenvalue weighted by atomic mass is 79.9. The van der Waals surface area contributed by atoms with Crippen LogP contribution in [0, 0.1) is 5.92 Å². The van der Waals surface area contributed by atoms with Crippen LogP contribution in [0.4, 0.5) is 0 Å². The molecular formula is C15H29BrO2S. The van der Waals surface area contributed by atoms with Gasteiger partial charge in [-0.3, -0.25) is 4.79 Å². The van der Waals surface area contributed by atoms with Gasteiger partial charge in [-0.15, -0.1) is 0 Å². The van der Waals surface area contributed by atoms with Gasteiger partial charge in [0.1, 0.15) is 0 Å². The molecule has 0 rings (SSSR count). The molecule has 0 aliphatic heterocycles. The van der Waals surface area contributed by atoms with Gasteiger partial charge in [0, 0.05) is 10.6 Å². The molecule has 0 aromatic carbocycles. The van der Waals surface area contributed by atoms with Crippen molar-refractivity contribution < 1.29 is 9.53 Å². The highest BCUT2D eigenvalue weighted by Crippen LogP contribution is 2.15. The molecule has 2 atom stereocenters. The quantitative estimate of drug-likeness (QED) is 0.231. The Balaban J connectivity index is 3.36. The van der Waals surface area contributed by atoms with E-state index in [1.165, 1.54) is 32.1 Å². The minimum atomic E-state index is -0.0983. The number of hydrogen-bond acceptors (Lipinski definition) is 3. The van der Waals surface area contributed by atoms with Crippen molar-refractivity contribution in [2.75, 3.05) is 11.9 Å². The monoisotopic (exact) mass is 352 g/mol. The van der Waals surface area contributed by atoms with E-state index in [4.69, 9.17) is 4.74 Å². The van der Waals surface area contributed by atoms with E-state index >= 15 is 0 Å². The lowest BCUT2D eigenvalue weighted by Gasteiger charge is -2.11. The van der Waals surface area contributed by atoms with E-state index in [1.54, 1.807) is 0 Å². The van der Waals surface area contributed by atoms with Crippen LogP contribution in [0.5, 0.6) is 0 Å². The molecule has 0 fully saturated rings. The molecule has 0 aromatic rings. The van der Waals surface area contributed by atoms with E-state index in [0.717, 1.165) is 19.3 Å². The van der Waals surface area contributed by atoms with E-state index in [0.29, 0.717) is 17.2 Å². The van der Waals surface area contributed by atoms with Gasteiger partial charge in [0.05, 0.1) is 12.5 Å². The lowest BCUT2D eigenvalue weighted by Crippen LogP contribution is -2.16. The van der Waals surface area contributed by atoms with Crippen LogP contribution in [0.15, 0.2) is 0 Å². The number of ether oxygens (including phenoxy) is 1. The summed E-state index contributed by atoms with van der Waals surface area (Å²) >= 11 is 7.89. The molecule has 0 heterocycles. The van der Waals surface area contributed by atoms with Crippen LogP contribution in [0.1, 0.15) is 65.2 Å². The third-order valence-corrected chi connectivity index (χ3v) is 4.69. The second kappa shape index (κ2) is 13.3. The summed E-state index contributed by atoms with van der Waals surface area (Å²) in [6, 6.07) is 0. The van der Waals surface area contributed by atoms with E-state index < -0.39 is 0 Å². The summed E-state index contributed by atoms with van der Waals surface area (Å²) < 4.78 is 5.20. The summed E-state index contributed by atoms with van der Waals surface area (Å²) in [5.74, 6) is -0.143. The zero-order valence-corrected chi connectivity index (χ0v) is 14.8. The minimum absolute atomic E-state index is 0.0452. The van der Waals surface area contributed by atoms with Crippen molar-refractivity contribution in [1.29, 1.82) is 0 Å². The number of carbonyl (C=O) groups excluding carboxylic acids is 1. The second-order valence-corrected chi connectivity index (χ2v) is 6.60. The van der Waals surface area contributed by atoms with Crippen LogP contribution in [0.25, 0.3) is 0 Å². The summed E-state index contributed by atoms with van der Waals surface area (Å²) in [4.78, 5) is 11.4. The zero-order chi connectivity index (χ0) is 14.5. The Morgan fingerprint density at radius 1 is 1.16 bits per heavy atom. The lowest BCUT2D eigenvalue weighted by atomic mass is 10.1. The molecule has 0 amide bonds. The molecule has 19 heavy (non-hydrogen) atoms. The van der Waals surface area contributed by atoms with E-state index in [9.17, 15) is 4.79 Å². The van der Waals surface area contributed by atoms with Crippen molar-refractivity contribution in [3.05, 3.63) is 0 Å². The Morgan fingerprint density at radius 2 is 1.79 bits per heavy atom. The number of esters is 1. The predicted molar refractivity (Wildman–Crippen MR) is 89.3 cm³/mol. The van der Waals surface area contributed by atoms with Crippen molar-refractivity contribution >= 4 is 34.5 Å². The van der Waals surface area contributed by atoms with Gasteiger partial charge in [-0.2, -0.15) is 12.6 Å². The molecule has 0 aliphatic carbocycles. The van der Waals surface area contributed by atoms with Crippen LogP contribution in [-0.4, -0.2) is 23.2 Å². The van der Waals surface area contributed by atoms with Gasteiger partial charge in [0.15, 0.2) is 0 Å². The molecule has 0 radical (unpaired) electrons. The summed E-state index contributed by atoms with van der Waals surface area (Å²) in [5, 5.41) is 1.18. The molecule has 0 bridgehead atoms. The maximum Gasteiger partial charge on any atom is 0.309 e. The normalized spacial score (nSPS) is 14.1. The molecule has 0 N–H and O–H groups in total. The molecule has 0 saturated heterocycles. The standard InChI is InChI=1S/C15H29BrO2S/c1-3-4-5-6-9-14(19)10-7-8-11-18-15(17)13(2)12-16/h13-14,19H,3-12H2,1-2H3. The molecule has 4 heteroatoms. The average Bonchev–Trinajstić information content (AvgIpc) is 2.42. The summed E-state index contributed by atoms with van der Waals surface area (Å²) in [7, 11) is 0. The van der Waals surface area contributed by atoms with Gasteiger partial charge in [-0.25, -0.2) is 0 Å². The fraction of sp³-hybridized carbons (Fsp3) is 0.933. The fourth-order valence-corrected chi connectivity index (χ4v) is 2.44. The first-order chi connectivity index (χ1) is 9.11. The molecular weight excluding hydrogens is 324 g/mol. The number of thiol groups is 1. The van der Waals surface area contributed by atoms with Gasteiger partial charge in [0.25, 0.3) is 0 Å². The average molecular weight is 353 g/mol. The molecule has 114 valence electrons. The molecule has 0 aromatic heterocycles. The van der Waals surface area contributed by atoms with Crippen molar-refractivity contribution in [3.8, 4) is 0 Å². The Labute approximate surface area is 132 Å². The van der Waals surface area contributed by atoms with Crippen LogP contribution < -0.4 is 0 Å². The predicted octanol–water partition coefficient (Wildman–Crippen LogP) is 5.00. The van der Waals surface area contributed by atoms with Crippen LogP contribution >= 0.6 is 28.6 Å². The largest absolute Gasteiger partial charge is 0.465 e. The van der Waals surface area contributed by atoms with Gasteiger partial charge >= 0.3 is 5.97 Å². The minimum Gasteiger partial charge on any atom is -0.465 e. The van der Waals surface area contributed by atoms with Crippen molar-refractivity contribution in [1.82, 2.24) is 0 Å². The number of hydrogen-bond donors (Lipinski definition) is 1. The van der Waals surface area contributed by atoms with Crippen molar-refractivity contribution in [2.24, 2.45) is 5.92 Å². The summed E-state index contributed by atoms with van der Waals surface area (Å²) in [6.07, 6.45) is 9.63.